The van der Waals surface area contributed by atoms with Gasteiger partial charge in [-0.05, 0) is 47.3 Å². The number of halogens is 2. The smallest absolute Gasteiger partial charge is 0.255 e. The molecule has 0 aliphatic carbocycles. The van der Waals surface area contributed by atoms with E-state index in [-0.39, 0.29) is 11.3 Å². The van der Waals surface area contributed by atoms with E-state index in [4.69, 9.17) is 11.6 Å². The number of carbonyl (C=O) groups excluding carboxylic acids is 1. The molecule has 0 spiro atoms. The highest BCUT2D eigenvalue weighted by molar-refractivity contribution is 9.10. The van der Waals surface area contributed by atoms with Gasteiger partial charge >= 0.3 is 0 Å². The monoisotopic (exact) mass is 329 g/mol. The van der Waals surface area contributed by atoms with E-state index in [1.807, 2.05) is 30.0 Å². The van der Waals surface area contributed by atoms with Crippen LogP contribution in [0.4, 0.5) is 0 Å². The number of alkyl halides is 1. The summed E-state index contributed by atoms with van der Waals surface area (Å²) in [5.41, 5.74) is 1.84. The Morgan fingerprint density at radius 2 is 2.22 bits per heavy atom. The molecule has 0 N–H and O–H groups in total. The first-order valence-corrected chi connectivity index (χ1v) is 7.41. The molecule has 98 valence electrons. The number of carbonyl (C=O) groups is 1. The standard InChI is InChI=1S/C14H17BrClNO/c1-9-3-4-12(15)11(7-9)14(18)17-6-5-13(16)10(2)8-17/h3-4,7,10,13H,5-6,8H2,1-2H3. The Morgan fingerprint density at radius 3 is 2.89 bits per heavy atom. The number of amides is 1. The third kappa shape index (κ3) is 2.89. The molecular formula is C14H17BrClNO. The number of rotatable bonds is 1. The fourth-order valence-corrected chi connectivity index (χ4v) is 2.87. The van der Waals surface area contributed by atoms with Crippen LogP contribution in [-0.2, 0) is 0 Å². The lowest BCUT2D eigenvalue weighted by atomic mass is 9.98. The third-order valence-corrected chi connectivity index (χ3v) is 4.78. The van der Waals surface area contributed by atoms with E-state index >= 15 is 0 Å². The highest BCUT2D eigenvalue weighted by Gasteiger charge is 2.28. The molecule has 2 atom stereocenters. The average molecular weight is 331 g/mol. The first-order chi connectivity index (χ1) is 8.49. The predicted octanol–water partition coefficient (Wildman–Crippen LogP) is 3.85. The molecule has 2 nitrogen and oxygen atoms in total. The van der Waals surface area contributed by atoms with E-state index in [1.54, 1.807) is 0 Å². The Morgan fingerprint density at radius 1 is 1.50 bits per heavy atom. The average Bonchev–Trinajstić information content (AvgIpc) is 2.35. The minimum atomic E-state index is 0.0981. The zero-order valence-corrected chi connectivity index (χ0v) is 13.0. The van der Waals surface area contributed by atoms with Crippen LogP contribution in [-0.4, -0.2) is 29.3 Å². The number of benzene rings is 1. The minimum Gasteiger partial charge on any atom is -0.338 e. The molecule has 1 saturated heterocycles. The number of nitrogens with zero attached hydrogens (tertiary/aromatic N) is 1. The van der Waals surface area contributed by atoms with Crippen LogP contribution in [0.5, 0.6) is 0 Å². The first kappa shape index (κ1) is 13.9. The number of aryl methyl sites for hydroxylation is 1. The maximum atomic E-state index is 12.5. The van der Waals surface area contributed by atoms with Gasteiger partial charge in [0.05, 0.1) is 5.56 Å². The molecule has 1 heterocycles. The summed E-state index contributed by atoms with van der Waals surface area (Å²) in [5.74, 6) is 0.453. The highest BCUT2D eigenvalue weighted by Crippen LogP contribution is 2.25. The fourth-order valence-electron chi connectivity index (χ4n) is 2.27. The van der Waals surface area contributed by atoms with Crippen LogP contribution < -0.4 is 0 Å². The number of likely N-dealkylation sites (tertiary alicyclic amines) is 1. The van der Waals surface area contributed by atoms with E-state index in [9.17, 15) is 4.79 Å². The van der Waals surface area contributed by atoms with Crippen molar-refractivity contribution in [2.75, 3.05) is 13.1 Å². The van der Waals surface area contributed by atoms with Crippen LogP contribution in [0.25, 0.3) is 0 Å². The molecule has 2 rings (SSSR count). The van der Waals surface area contributed by atoms with E-state index in [2.05, 4.69) is 22.9 Å². The van der Waals surface area contributed by atoms with Crippen LogP contribution in [0.3, 0.4) is 0 Å². The molecule has 1 aromatic rings. The van der Waals surface area contributed by atoms with Gasteiger partial charge in [-0.25, -0.2) is 0 Å². The van der Waals surface area contributed by atoms with Gasteiger partial charge in [-0.2, -0.15) is 0 Å². The van der Waals surface area contributed by atoms with Crippen molar-refractivity contribution in [3.8, 4) is 0 Å². The SMILES string of the molecule is Cc1ccc(Br)c(C(=O)N2CCC(Cl)C(C)C2)c1. The Labute approximate surface area is 121 Å². The molecule has 4 heteroatoms. The van der Waals surface area contributed by atoms with Crippen molar-refractivity contribution in [3.63, 3.8) is 0 Å². The first-order valence-electron chi connectivity index (χ1n) is 6.18. The summed E-state index contributed by atoms with van der Waals surface area (Å²) in [5, 5.41) is 0.190. The molecule has 1 fully saturated rings. The lowest BCUT2D eigenvalue weighted by molar-refractivity contribution is 0.0686. The number of hydrogen-bond acceptors (Lipinski definition) is 1. The van der Waals surface area contributed by atoms with Crippen LogP contribution >= 0.6 is 27.5 Å². The van der Waals surface area contributed by atoms with Gasteiger partial charge in [0.25, 0.3) is 5.91 Å². The molecule has 0 saturated carbocycles. The summed E-state index contributed by atoms with van der Waals surface area (Å²) >= 11 is 9.64. The van der Waals surface area contributed by atoms with E-state index < -0.39 is 0 Å². The molecule has 0 bridgehead atoms. The van der Waals surface area contributed by atoms with Gasteiger partial charge in [0.15, 0.2) is 0 Å². The number of piperidine rings is 1. The van der Waals surface area contributed by atoms with E-state index in [0.717, 1.165) is 35.1 Å². The van der Waals surface area contributed by atoms with Crippen LogP contribution in [0.2, 0.25) is 0 Å². The zero-order chi connectivity index (χ0) is 13.3. The normalized spacial score (nSPS) is 24.1. The van der Waals surface area contributed by atoms with Crippen LogP contribution in [0, 0.1) is 12.8 Å². The summed E-state index contributed by atoms with van der Waals surface area (Å²) in [6.45, 7) is 5.59. The van der Waals surface area contributed by atoms with Crippen LogP contribution in [0.1, 0.15) is 29.3 Å². The van der Waals surface area contributed by atoms with Crippen molar-refractivity contribution in [3.05, 3.63) is 33.8 Å². The molecule has 18 heavy (non-hydrogen) atoms. The predicted molar refractivity (Wildman–Crippen MR) is 78.2 cm³/mol. The molecule has 1 aliphatic rings. The lowest BCUT2D eigenvalue weighted by Gasteiger charge is -2.34. The third-order valence-electron chi connectivity index (χ3n) is 3.44. The second kappa shape index (κ2) is 5.62. The number of hydrogen-bond donors (Lipinski definition) is 0. The van der Waals surface area contributed by atoms with Gasteiger partial charge in [0.1, 0.15) is 0 Å². The molecular weight excluding hydrogens is 314 g/mol. The molecule has 0 radical (unpaired) electrons. The lowest BCUT2D eigenvalue weighted by Crippen LogP contribution is -2.43. The zero-order valence-electron chi connectivity index (χ0n) is 10.6. The fraction of sp³-hybridized carbons (Fsp3) is 0.500. The Balaban J connectivity index is 2.19. The minimum absolute atomic E-state index is 0.0981. The van der Waals surface area contributed by atoms with Gasteiger partial charge in [-0.3, -0.25) is 4.79 Å². The largest absolute Gasteiger partial charge is 0.338 e. The summed E-state index contributed by atoms with van der Waals surface area (Å²) in [6, 6.07) is 5.86. The van der Waals surface area contributed by atoms with Gasteiger partial charge < -0.3 is 4.90 Å². The Bertz CT molecular complexity index is 463. The molecule has 1 amide bonds. The van der Waals surface area contributed by atoms with Crippen molar-refractivity contribution >= 4 is 33.4 Å². The molecule has 2 unspecified atom stereocenters. The maximum Gasteiger partial charge on any atom is 0.255 e. The van der Waals surface area contributed by atoms with Gasteiger partial charge in [0.2, 0.25) is 0 Å². The maximum absolute atomic E-state index is 12.5. The van der Waals surface area contributed by atoms with Crippen molar-refractivity contribution in [1.82, 2.24) is 4.90 Å². The van der Waals surface area contributed by atoms with Crippen molar-refractivity contribution in [2.45, 2.75) is 25.6 Å². The Kier molecular flexibility index (Phi) is 4.33. The highest BCUT2D eigenvalue weighted by atomic mass is 79.9. The van der Waals surface area contributed by atoms with Crippen LogP contribution in [0.15, 0.2) is 22.7 Å². The van der Waals surface area contributed by atoms with E-state index in [1.165, 1.54) is 0 Å². The second-order valence-electron chi connectivity index (χ2n) is 5.02. The van der Waals surface area contributed by atoms with E-state index in [0.29, 0.717) is 5.92 Å². The summed E-state index contributed by atoms with van der Waals surface area (Å²) in [7, 11) is 0. The summed E-state index contributed by atoms with van der Waals surface area (Å²) in [6.07, 6.45) is 0.873. The van der Waals surface area contributed by atoms with Gasteiger partial charge in [-0.15, -0.1) is 11.6 Å². The molecule has 0 aromatic heterocycles. The van der Waals surface area contributed by atoms with Gasteiger partial charge in [-0.1, -0.05) is 18.6 Å². The molecule has 1 aliphatic heterocycles. The quantitative estimate of drug-likeness (QED) is 0.716. The van der Waals surface area contributed by atoms with Crippen molar-refractivity contribution in [1.29, 1.82) is 0 Å². The Hall–Kier alpha value is -0.540. The summed E-state index contributed by atoms with van der Waals surface area (Å²) in [4.78, 5) is 14.4. The topological polar surface area (TPSA) is 20.3 Å². The van der Waals surface area contributed by atoms with Crippen molar-refractivity contribution in [2.24, 2.45) is 5.92 Å². The molecule has 1 aromatic carbocycles. The van der Waals surface area contributed by atoms with Gasteiger partial charge in [0, 0.05) is 22.9 Å². The van der Waals surface area contributed by atoms with Crippen molar-refractivity contribution < 1.29 is 4.79 Å². The summed E-state index contributed by atoms with van der Waals surface area (Å²) < 4.78 is 0.860. The second-order valence-corrected chi connectivity index (χ2v) is 6.43.